The van der Waals surface area contributed by atoms with Crippen molar-refractivity contribution in [3.63, 3.8) is 0 Å². The molecule has 4 heterocycles. The van der Waals surface area contributed by atoms with E-state index in [0.717, 1.165) is 66.8 Å². The predicted octanol–water partition coefficient (Wildman–Crippen LogP) is 14.3. The minimum atomic E-state index is 0.696. The Morgan fingerprint density at radius 3 is 1.79 bits per heavy atom. The molecule has 0 aliphatic rings. The molecule has 4 aromatic heterocycles. The molecule has 0 aliphatic carbocycles. The van der Waals surface area contributed by atoms with Gasteiger partial charge in [0.2, 0.25) is 0 Å². The summed E-state index contributed by atoms with van der Waals surface area (Å²) in [7, 11) is 0. The molecule has 0 saturated carbocycles. The molecule has 8 aromatic carbocycles. The Morgan fingerprint density at radius 2 is 0.983 bits per heavy atom. The summed E-state index contributed by atoms with van der Waals surface area (Å²) in [4.78, 5) is 15.9. The molecule has 0 unspecified atom stereocenters. The van der Waals surface area contributed by atoms with E-state index in [-0.39, 0.29) is 0 Å². The van der Waals surface area contributed by atoms with E-state index in [0.29, 0.717) is 5.82 Å². The van der Waals surface area contributed by atoms with E-state index in [1.54, 1.807) is 0 Å². The molecule has 4 nitrogen and oxygen atoms in total. The normalized spacial score (nSPS) is 11.8. The number of fused-ring (bicyclic) bond motifs is 10. The summed E-state index contributed by atoms with van der Waals surface area (Å²) >= 11 is 1.83. The van der Waals surface area contributed by atoms with Gasteiger partial charge in [-0.3, -0.25) is 0 Å². The Kier molecular flexibility index (Phi) is 7.37. The van der Waals surface area contributed by atoms with Crippen molar-refractivity contribution < 1.29 is 0 Å². The lowest BCUT2D eigenvalue weighted by Crippen LogP contribution is -1.96. The van der Waals surface area contributed by atoms with E-state index in [1.165, 1.54) is 41.8 Å². The van der Waals surface area contributed by atoms with Crippen LogP contribution in [0.5, 0.6) is 0 Å². The summed E-state index contributed by atoms with van der Waals surface area (Å²) in [5.74, 6) is 0.696. The smallest absolute Gasteiger partial charge is 0.160 e. The molecule has 0 N–H and O–H groups in total. The zero-order chi connectivity index (χ0) is 38.2. The van der Waals surface area contributed by atoms with Crippen LogP contribution in [-0.4, -0.2) is 19.5 Å². The summed E-state index contributed by atoms with van der Waals surface area (Å²) in [6, 6.07) is 68.8. The highest BCUT2D eigenvalue weighted by Crippen LogP contribution is 2.44. The van der Waals surface area contributed by atoms with Crippen LogP contribution in [0.2, 0.25) is 0 Å². The Labute approximate surface area is 338 Å². The van der Waals surface area contributed by atoms with Crippen molar-refractivity contribution in [1.82, 2.24) is 19.5 Å². The van der Waals surface area contributed by atoms with Crippen LogP contribution < -0.4 is 0 Å². The highest BCUT2D eigenvalue weighted by Gasteiger charge is 2.19. The molecule has 12 rings (SSSR count). The van der Waals surface area contributed by atoms with Crippen molar-refractivity contribution in [2.75, 3.05) is 0 Å². The summed E-state index contributed by atoms with van der Waals surface area (Å²) in [6.07, 6.45) is 0. The highest BCUT2D eigenvalue weighted by molar-refractivity contribution is 7.26. The van der Waals surface area contributed by atoms with Crippen LogP contribution in [0.15, 0.2) is 194 Å². The van der Waals surface area contributed by atoms with Gasteiger partial charge in [0.05, 0.1) is 33.6 Å². The second kappa shape index (κ2) is 13.1. The zero-order valence-corrected chi connectivity index (χ0v) is 32.0. The van der Waals surface area contributed by atoms with E-state index >= 15 is 0 Å². The molecule has 0 fully saturated rings. The Morgan fingerprint density at radius 1 is 0.362 bits per heavy atom. The van der Waals surface area contributed by atoms with Crippen LogP contribution in [-0.2, 0) is 0 Å². The van der Waals surface area contributed by atoms with E-state index in [9.17, 15) is 0 Å². The molecule has 0 radical (unpaired) electrons. The van der Waals surface area contributed by atoms with E-state index in [1.807, 2.05) is 17.4 Å². The van der Waals surface area contributed by atoms with Crippen LogP contribution in [0.3, 0.4) is 0 Å². The summed E-state index contributed by atoms with van der Waals surface area (Å²) in [6.45, 7) is 0. The van der Waals surface area contributed by atoms with Gasteiger partial charge in [0, 0.05) is 75.0 Å². The van der Waals surface area contributed by atoms with E-state index in [2.05, 4.69) is 193 Å². The van der Waals surface area contributed by atoms with Crippen LogP contribution >= 0.6 is 11.3 Å². The first-order valence-corrected chi connectivity index (χ1v) is 20.3. The lowest BCUT2D eigenvalue weighted by atomic mass is 9.96. The van der Waals surface area contributed by atoms with Gasteiger partial charge in [-0.25, -0.2) is 15.0 Å². The number of thiophene rings is 1. The minimum absolute atomic E-state index is 0.696. The second-order valence-corrected chi connectivity index (χ2v) is 15.8. The van der Waals surface area contributed by atoms with Crippen molar-refractivity contribution in [3.05, 3.63) is 194 Å². The van der Waals surface area contributed by atoms with Gasteiger partial charge >= 0.3 is 0 Å². The third-order valence-corrected chi connectivity index (χ3v) is 12.5. The average molecular weight is 757 g/mol. The summed E-state index contributed by atoms with van der Waals surface area (Å²) in [5, 5.41) is 8.37. The molecule has 0 amide bonds. The number of aromatic nitrogens is 4. The highest BCUT2D eigenvalue weighted by atomic mass is 32.1. The first kappa shape index (κ1) is 32.7. The standard InChI is InChI=1S/C53H32N4S/c1-4-14-33(15-5-1)44-32-45(35-24-27-47-41(30-35)38-20-11-13-23-46(38)57(47)37-18-8-3-9-19-37)56-53(55-44)36-25-28-48-42(31-36)51-49(58-48)29-26-40-50(51)39-21-10-12-22-43(39)54-52(40)34-16-6-2-7-17-34/h1-32H. The number of benzene rings is 8. The maximum Gasteiger partial charge on any atom is 0.160 e. The molecule has 5 heteroatoms. The third kappa shape index (κ3) is 5.18. The Bertz CT molecular complexity index is 3550. The van der Waals surface area contributed by atoms with Gasteiger partial charge in [-0.1, -0.05) is 127 Å². The van der Waals surface area contributed by atoms with Gasteiger partial charge in [-0.15, -0.1) is 11.3 Å². The van der Waals surface area contributed by atoms with Crippen molar-refractivity contribution in [3.8, 4) is 50.8 Å². The van der Waals surface area contributed by atoms with Crippen LogP contribution in [0.25, 0.3) is 115 Å². The van der Waals surface area contributed by atoms with Gasteiger partial charge in [0.15, 0.2) is 5.82 Å². The molecule has 0 spiro atoms. The number of hydrogen-bond donors (Lipinski definition) is 0. The molecule has 0 atom stereocenters. The average Bonchev–Trinajstić information content (AvgIpc) is 3.84. The molecule has 0 bridgehead atoms. The summed E-state index contributed by atoms with van der Waals surface area (Å²) < 4.78 is 4.83. The summed E-state index contributed by atoms with van der Waals surface area (Å²) in [5.41, 5.74) is 11.4. The maximum absolute atomic E-state index is 5.36. The minimum Gasteiger partial charge on any atom is -0.309 e. The van der Waals surface area contributed by atoms with Gasteiger partial charge < -0.3 is 4.57 Å². The molecule has 0 saturated heterocycles. The quantitative estimate of drug-likeness (QED) is 0.164. The fraction of sp³-hybridized carbons (Fsp3) is 0. The second-order valence-electron chi connectivity index (χ2n) is 14.8. The predicted molar refractivity (Wildman–Crippen MR) is 244 cm³/mol. The number of para-hydroxylation sites is 3. The van der Waals surface area contributed by atoms with E-state index < -0.39 is 0 Å². The number of pyridine rings is 1. The fourth-order valence-electron chi connectivity index (χ4n) is 8.73. The fourth-order valence-corrected chi connectivity index (χ4v) is 9.83. The van der Waals surface area contributed by atoms with Crippen LogP contribution in [0.1, 0.15) is 0 Å². The van der Waals surface area contributed by atoms with Gasteiger partial charge in [0.25, 0.3) is 0 Å². The lowest BCUT2D eigenvalue weighted by Gasteiger charge is -2.12. The largest absolute Gasteiger partial charge is 0.309 e. The van der Waals surface area contributed by atoms with Gasteiger partial charge in [-0.05, 0) is 66.7 Å². The van der Waals surface area contributed by atoms with Crippen molar-refractivity contribution in [2.45, 2.75) is 0 Å². The van der Waals surface area contributed by atoms with Gasteiger partial charge in [-0.2, -0.15) is 0 Å². The molecule has 0 aliphatic heterocycles. The Balaban J connectivity index is 1.09. The lowest BCUT2D eigenvalue weighted by molar-refractivity contribution is 1.18. The first-order chi connectivity index (χ1) is 28.7. The molecule has 58 heavy (non-hydrogen) atoms. The maximum atomic E-state index is 5.36. The zero-order valence-electron chi connectivity index (χ0n) is 31.2. The molecular formula is C53H32N4S. The molecule has 270 valence electrons. The van der Waals surface area contributed by atoms with Crippen LogP contribution in [0, 0.1) is 0 Å². The number of hydrogen-bond acceptors (Lipinski definition) is 4. The van der Waals surface area contributed by atoms with Crippen molar-refractivity contribution in [2.24, 2.45) is 0 Å². The van der Waals surface area contributed by atoms with Crippen molar-refractivity contribution in [1.29, 1.82) is 0 Å². The SMILES string of the molecule is c1ccc(-c2cc(-c3ccc4c(c3)c3ccccc3n4-c3ccccc3)nc(-c3ccc4sc5ccc6c(-c7ccccc7)nc7ccccc7c6c5c4c3)n2)cc1. The number of nitrogens with zero attached hydrogens (tertiary/aromatic N) is 4. The number of rotatable bonds is 5. The third-order valence-electron chi connectivity index (χ3n) is 11.4. The monoisotopic (exact) mass is 756 g/mol. The molecular weight excluding hydrogens is 725 g/mol. The van der Waals surface area contributed by atoms with Crippen LogP contribution in [0.4, 0.5) is 0 Å². The molecule has 12 aromatic rings. The first-order valence-electron chi connectivity index (χ1n) is 19.5. The van der Waals surface area contributed by atoms with Gasteiger partial charge in [0.1, 0.15) is 0 Å². The van der Waals surface area contributed by atoms with Crippen molar-refractivity contribution >= 4 is 75.0 Å². The van der Waals surface area contributed by atoms with E-state index in [4.69, 9.17) is 15.0 Å². The topological polar surface area (TPSA) is 43.6 Å². The Hall–Kier alpha value is -7.47.